The Hall–Kier alpha value is -1.29. The maximum absolute atomic E-state index is 13.1. The van der Waals surface area contributed by atoms with Crippen molar-refractivity contribution in [2.24, 2.45) is 4.99 Å². The van der Waals surface area contributed by atoms with Gasteiger partial charge in [-0.2, -0.15) is 0 Å². The van der Waals surface area contributed by atoms with Crippen LogP contribution in [0.1, 0.15) is 26.3 Å². The number of benzene rings is 1. The number of halogens is 2. The lowest BCUT2D eigenvalue weighted by Crippen LogP contribution is -2.37. The Morgan fingerprint density at radius 2 is 2.05 bits per heavy atom. The van der Waals surface area contributed by atoms with Gasteiger partial charge in [-0.1, -0.05) is 31.5 Å². The lowest BCUT2D eigenvalue weighted by atomic mass is 9.84. The van der Waals surface area contributed by atoms with E-state index < -0.39 is 0 Å². The van der Waals surface area contributed by atoms with Crippen LogP contribution in [0.2, 0.25) is 5.02 Å². The number of rotatable bonds is 4. The van der Waals surface area contributed by atoms with E-state index in [1.54, 1.807) is 6.07 Å². The van der Waals surface area contributed by atoms with Crippen LogP contribution in [0.15, 0.2) is 23.2 Å². The summed E-state index contributed by atoms with van der Waals surface area (Å²) in [6.45, 7) is 7.51. The van der Waals surface area contributed by atoms with Crippen molar-refractivity contribution in [3.8, 4) is 0 Å². The second-order valence-electron chi connectivity index (χ2n) is 5.57. The molecule has 0 amide bonds. The van der Waals surface area contributed by atoms with E-state index in [0.29, 0.717) is 11.6 Å². The van der Waals surface area contributed by atoms with Gasteiger partial charge in [0.25, 0.3) is 0 Å². The molecule has 0 unspecified atom stereocenters. The first-order chi connectivity index (χ1) is 9.27. The summed E-state index contributed by atoms with van der Waals surface area (Å²) in [5.74, 6) is 0.512. The molecule has 0 aromatic heterocycles. The van der Waals surface area contributed by atoms with Crippen LogP contribution in [0.25, 0.3) is 0 Å². The van der Waals surface area contributed by atoms with E-state index in [0.717, 1.165) is 18.1 Å². The van der Waals surface area contributed by atoms with Crippen LogP contribution < -0.4 is 5.32 Å². The largest absolute Gasteiger partial charge is 0.357 e. The van der Waals surface area contributed by atoms with Crippen LogP contribution in [-0.4, -0.2) is 38.0 Å². The summed E-state index contributed by atoms with van der Waals surface area (Å²) in [5.41, 5.74) is 0.639. The van der Waals surface area contributed by atoms with Crippen LogP contribution in [0, 0.1) is 5.82 Å². The smallest absolute Gasteiger partial charge is 0.193 e. The fourth-order valence-electron chi connectivity index (χ4n) is 1.91. The van der Waals surface area contributed by atoms with E-state index in [-0.39, 0.29) is 11.2 Å². The zero-order valence-corrected chi connectivity index (χ0v) is 13.6. The minimum atomic E-state index is -0.320. The zero-order chi connectivity index (χ0) is 15.3. The Balaban J connectivity index is 2.96. The molecule has 0 saturated carbocycles. The molecule has 112 valence electrons. The predicted molar refractivity (Wildman–Crippen MR) is 84.1 cm³/mol. The van der Waals surface area contributed by atoms with Crippen molar-refractivity contribution in [3.63, 3.8) is 0 Å². The molecule has 1 N–H and O–H groups in total. The first-order valence-corrected chi connectivity index (χ1v) is 7.07. The molecular weight excluding hydrogens is 277 g/mol. The second-order valence-corrected chi connectivity index (χ2v) is 5.98. The van der Waals surface area contributed by atoms with Crippen LogP contribution in [0.3, 0.4) is 0 Å². The van der Waals surface area contributed by atoms with Crippen molar-refractivity contribution in [2.75, 3.05) is 27.2 Å². The molecule has 0 bridgehead atoms. The third-order valence-electron chi connectivity index (χ3n) is 3.04. The molecule has 0 saturated heterocycles. The second kappa shape index (κ2) is 6.93. The Labute approximate surface area is 125 Å². The van der Waals surface area contributed by atoms with E-state index in [4.69, 9.17) is 11.6 Å². The molecule has 0 aliphatic rings. The summed E-state index contributed by atoms with van der Waals surface area (Å²) in [4.78, 5) is 6.54. The molecule has 0 aliphatic heterocycles. The molecule has 1 rings (SSSR count). The fourth-order valence-corrected chi connectivity index (χ4v) is 2.33. The van der Waals surface area contributed by atoms with Gasteiger partial charge < -0.3 is 10.2 Å². The van der Waals surface area contributed by atoms with Gasteiger partial charge in [0.05, 0.1) is 6.54 Å². The summed E-state index contributed by atoms with van der Waals surface area (Å²) < 4.78 is 13.1. The van der Waals surface area contributed by atoms with Gasteiger partial charge in [0.15, 0.2) is 5.96 Å². The number of nitrogens with one attached hydrogen (secondary N) is 1. The lowest BCUT2D eigenvalue weighted by Gasteiger charge is -2.26. The Kier molecular flexibility index (Phi) is 5.81. The number of aliphatic imine (C=N–C) groups is 1. The molecule has 1 aromatic carbocycles. The van der Waals surface area contributed by atoms with Crippen molar-refractivity contribution in [1.82, 2.24) is 10.2 Å². The van der Waals surface area contributed by atoms with Crippen molar-refractivity contribution >= 4 is 17.6 Å². The summed E-state index contributed by atoms with van der Waals surface area (Å²) in [7, 11) is 3.89. The molecule has 20 heavy (non-hydrogen) atoms. The Morgan fingerprint density at radius 1 is 1.40 bits per heavy atom. The first-order valence-electron chi connectivity index (χ1n) is 6.69. The minimum absolute atomic E-state index is 0.262. The van der Waals surface area contributed by atoms with Crippen LogP contribution in [-0.2, 0) is 5.41 Å². The number of hydrogen-bond acceptors (Lipinski definition) is 1. The Morgan fingerprint density at radius 3 is 2.55 bits per heavy atom. The topological polar surface area (TPSA) is 27.6 Å². The van der Waals surface area contributed by atoms with Crippen LogP contribution in [0.4, 0.5) is 4.39 Å². The fraction of sp³-hybridized carbons (Fsp3) is 0.533. The summed E-state index contributed by atoms with van der Waals surface area (Å²) >= 11 is 6.14. The van der Waals surface area contributed by atoms with Crippen molar-refractivity contribution in [1.29, 1.82) is 0 Å². The normalized spacial score (nSPS) is 12.4. The maximum atomic E-state index is 13.1. The van der Waals surface area contributed by atoms with Crippen molar-refractivity contribution in [3.05, 3.63) is 34.6 Å². The highest BCUT2D eigenvalue weighted by Gasteiger charge is 2.23. The van der Waals surface area contributed by atoms with E-state index in [1.807, 2.05) is 25.9 Å². The molecule has 3 nitrogen and oxygen atoms in total. The molecule has 5 heteroatoms. The third kappa shape index (κ3) is 4.37. The third-order valence-corrected chi connectivity index (χ3v) is 3.36. The number of hydrogen-bond donors (Lipinski definition) is 1. The summed E-state index contributed by atoms with van der Waals surface area (Å²) in [6.07, 6.45) is 0. The van der Waals surface area contributed by atoms with E-state index >= 15 is 0 Å². The van der Waals surface area contributed by atoms with Crippen LogP contribution >= 0.6 is 11.6 Å². The lowest BCUT2D eigenvalue weighted by molar-refractivity contribution is 0.520. The van der Waals surface area contributed by atoms with Gasteiger partial charge in [-0.15, -0.1) is 0 Å². The highest BCUT2D eigenvalue weighted by atomic mass is 35.5. The van der Waals surface area contributed by atoms with Gasteiger partial charge in [-0.25, -0.2) is 4.39 Å². The Bertz CT molecular complexity index is 484. The molecule has 0 aliphatic carbocycles. The number of nitrogens with zero attached hydrogens (tertiary/aromatic N) is 2. The standard InChI is InChI=1S/C15H23ClFN3/c1-6-18-14(20(4)5)19-10-15(2,3)12-8-7-11(17)9-13(12)16/h7-9H,6,10H2,1-5H3,(H,18,19). The zero-order valence-electron chi connectivity index (χ0n) is 12.8. The van der Waals surface area contributed by atoms with E-state index in [9.17, 15) is 4.39 Å². The number of guanidine groups is 1. The first kappa shape index (κ1) is 16.8. The highest BCUT2D eigenvalue weighted by molar-refractivity contribution is 6.31. The maximum Gasteiger partial charge on any atom is 0.193 e. The van der Waals surface area contributed by atoms with Gasteiger partial charge in [0, 0.05) is 31.1 Å². The van der Waals surface area contributed by atoms with E-state index in [1.165, 1.54) is 12.1 Å². The molecule has 0 radical (unpaired) electrons. The predicted octanol–water partition coefficient (Wildman–Crippen LogP) is 3.28. The SMILES string of the molecule is CCNC(=NCC(C)(C)c1ccc(F)cc1Cl)N(C)C. The molecule has 0 atom stereocenters. The average Bonchev–Trinajstić information content (AvgIpc) is 2.33. The van der Waals surface area contributed by atoms with Crippen molar-refractivity contribution < 1.29 is 4.39 Å². The van der Waals surface area contributed by atoms with Gasteiger partial charge in [0.1, 0.15) is 5.82 Å². The van der Waals surface area contributed by atoms with Crippen LogP contribution in [0.5, 0.6) is 0 Å². The monoisotopic (exact) mass is 299 g/mol. The van der Waals surface area contributed by atoms with Gasteiger partial charge >= 0.3 is 0 Å². The molecule has 1 aromatic rings. The quantitative estimate of drug-likeness (QED) is 0.682. The van der Waals surface area contributed by atoms with Crippen molar-refractivity contribution in [2.45, 2.75) is 26.2 Å². The van der Waals surface area contributed by atoms with E-state index in [2.05, 4.69) is 24.2 Å². The summed E-state index contributed by atoms with van der Waals surface area (Å²) in [5, 5.41) is 3.66. The van der Waals surface area contributed by atoms with Gasteiger partial charge in [-0.05, 0) is 24.6 Å². The molecular formula is C15H23ClFN3. The summed E-state index contributed by atoms with van der Waals surface area (Å²) in [6, 6.07) is 4.51. The molecule has 0 fully saturated rings. The average molecular weight is 300 g/mol. The van der Waals surface area contributed by atoms with Gasteiger partial charge in [0.2, 0.25) is 0 Å². The minimum Gasteiger partial charge on any atom is -0.357 e. The molecule has 0 heterocycles. The highest BCUT2D eigenvalue weighted by Crippen LogP contribution is 2.30. The molecule has 0 spiro atoms. The van der Waals surface area contributed by atoms with Gasteiger partial charge in [-0.3, -0.25) is 4.99 Å².